The minimum atomic E-state index is -4.14. The van der Waals surface area contributed by atoms with Crippen molar-refractivity contribution in [3.05, 3.63) is 22.4 Å². The Bertz CT molecular complexity index is 480. The molecule has 0 amide bonds. The Balaban J connectivity index is 0.00000576. The predicted molar refractivity (Wildman–Crippen MR) is 110 cm³/mol. The molecule has 1 rings (SSSR count). The second kappa shape index (κ2) is 12.7. The van der Waals surface area contributed by atoms with Gasteiger partial charge >= 0.3 is 6.18 Å². The molecule has 1 aromatic heterocycles. The maximum absolute atomic E-state index is 12.2. The molecular weight excluding hydrogens is 464 g/mol. The van der Waals surface area contributed by atoms with Crippen LogP contribution in [0.4, 0.5) is 13.2 Å². The molecule has 0 radical (unpaired) electrons. The highest BCUT2D eigenvalue weighted by atomic mass is 127. The summed E-state index contributed by atoms with van der Waals surface area (Å²) in [4.78, 5) is 6.78. The number of guanidine groups is 1. The summed E-state index contributed by atoms with van der Waals surface area (Å²) >= 11 is 1.76. The Hall–Kier alpha value is -0.550. The van der Waals surface area contributed by atoms with Crippen molar-refractivity contribution in [1.29, 1.82) is 0 Å². The first kappa shape index (κ1) is 24.5. The standard InChI is InChI=1S/C16H27F3N4S.HI/c1-13(10-14-6-4-9-24-14)11-22-15(20-2)21-7-5-8-23(3)12-16(17,18)19;/h4,6,9,13H,5,7-8,10-12H2,1-3H3,(H2,20,21,22);1H. The summed E-state index contributed by atoms with van der Waals surface area (Å²) in [7, 11) is 3.17. The number of hydrogen-bond acceptors (Lipinski definition) is 3. The Morgan fingerprint density at radius 3 is 2.64 bits per heavy atom. The highest BCUT2D eigenvalue weighted by Crippen LogP contribution is 2.15. The fraction of sp³-hybridized carbons (Fsp3) is 0.688. The number of rotatable bonds is 9. The minimum Gasteiger partial charge on any atom is -0.356 e. The Kier molecular flexibility index (Phi) is 12.5. The van der Waals surface area contributed by atoms with Crippen molar-refractivity contribution >= 4 is 41.3 Å². The molecule has 2 N–H and O–H groups in total. The highest BCUT2D eigenvalue weighted by molar-refractivity contribution is 14.0. The van der Waals surface area contributed by atoms with Crippen LogP contribution >= 0.6 is 35.3 Å². The topological polar surface area (TPSA) is 39.7 Å². The van der Waals surface area contributed by atoms with E-state index in [-0.39, 0.29) is 24.0 Å². The number of nitrogens with one attached hydrogen (secondary N) is 2. The average Bonchev–Trinajstić information content (AvgIpc) is 2.97. The third-order valence-electron chi connectivity index (χ3n) is 3.43. The molecule has 0 saturated carbocycles. The van der Waals surface area contributed by atoms with E-state index in [1.165, 1.54) is 16.8 Å². The fourth-order valence-electron chi connectivity index (χ4n) is 2.28. The lowest BCUT2D eigenvalue weighted by Crippen LogP contribution is -2.41. The van der Waals surface area contributed by atoms with Crippen LogP contribution in [-0.4, -0.2) is 57.3 Å². The average molecular weight is 492 g/mol. The van der Waals surface area contributed by atoms with E-state index >= 15 is 0 Å². The van der Waals surface area contributed by atoms with Gasteiger partial charge < -0.3 is 10.6 Å². The third kappa shape index (κ3) is 12.4. The predicted octanol–water partition coefficient (Wildman–Crippen LogP) is 3.59. The van der Waals surface area contributed by atoms with Gasteiger partial charge in [0.25, 0.3) is 0 Å². The van der Waals surface area contributed by atoms with Gasteiger partial charge in [-0.15, -0.1) is 35.3 Å². The van der Waals surface area contributed by atoms with Gasteiger partial charge in [0.2, 0.25) is 0 Å². The quantitative estimate of drug-likeness (QED) is 0.240. The van der Waals surface area contributed by atoms with Gasteiger partial charge in [0.15, 0.2) is 5.96 Å². The summed E-state index contributed by atoms with van der Waals surface area (Å²) in [5.41, 5.74) is 0. The second-order valence-electron chi connectivity index (χ2n) is 5.98. The summed E-state index contributed by atoms with van der Waals surface area (Å²) in [5, 5.41) is 8.47. The Morgan fingerprint density at radius 1 is 1.36 bits per heavy atom. The molecular formula is C16H28F3IN4S. The van der Waals surface area contributed by atoms with Crippen LogP contribution in [0.2, 0.25) is 0 Å². The smallest absolute Gasteiger partial charge is 0.356 e. The summed E-state index contributed by atoms with van der Waals surface area (Å²) in [6.07, 6.45) is -2.50. The summed E-state index contributed by atoms with van der Waals surface area (Å²) in [5.74, 6) is 1.16. The van der Waals surface area contributed by atoms with Gasteiger partial charge in [-0.3, -0.25) is 9.89 Å². The van der Waals surface area contributed by atoms with Gasteiger partial charge in [-0.1, -0.05) is 13.0 Å². The van der Waals surface area contributed by atoms with Crippen LogP contribution < -0.4 is 10.6 Å². The lowest BCUT2D eigenvalue weighted by molar-refractivity contribution is -0.143. The second-order valence-corrected chi connectivity index (χ2v) is 7.01. The van der Waals surface area contributed by atoms with E-state index in [1.807, 2.05) is 0 Å². The molecule has 0 spiro atoms. The summed E-state index contributed by atoms with van der Waals surface area (Å²) in [6, 6.07) is 4.18. The van der Waals surface area contributed by atoms with Crippen LogP contribution in [0.5, 0.6) is 0 Å². The van der Waals surface area contributed by atoms with Gasteiger partial charge in [-0.25, -0.2) is 0 Å². The molecule has 1 aromatic rings. The van der Waals surface area contributed by atoms with E-state index in [9.17, 15) is 13.2 Å². The van der Waals surface area contributed by atoms with Gasteiger partial charge in [0, 0.05) is 25.0 Å². The maximum Gasteiger partial charge on any atom is 0.401 e. The van der Waals surface area contributed by atoms with E-state index in [1.54, 1.807) is 18.4 Å². The molecule has 1 unspecified atom stereocenters. The van der Waals surface area contributed by atoms with E-state index < -0.39 is 12.7 Å². The zero-order valence-corrected chi connectivity index (χ0v) is 18.0. The molecule has 25 heavy (non-hydrogen) atoms. The first-order valence-electron chi connectivity index (χ1n) is 8.02. The number of halogens is 4. The summed E-state index contributed by atoms with van der Waals surface area (Å²) < 4.78 is 36.7. The van der Waals surface area contributed by atoms with Crippen molar-refractivity contribution in [2.75, 3.05) is 40.3 Å². The number of alkyl halides is 3. The highest BCUT2D eigenvalue weighted by Gasteiger charge is 2.28. The Morgan fingerprint density at radius 2 is 2.08 bits per heavy atom. The molecule has 0 fully saturated rings. The zero-order chi connectivity index (χ0) is 18.0. The van der Waals surface area contributed by atoms with E-state index in [4.69, 9.17) is 0 Å². The first-order chi connectivity index (χ1) is 11.3. The lowest BCUT2D eigenvalue weighted by Gasteiger charge is -2.19. The van der Waals surface area contributed by atoms with Crippen molar-refractivity contribution < 1.29 is 13.2 Å². The minimum absolute atomic E-state index is 0. The van der Waals surface area contributed by atoms with Gasteiger partial charge in [0.1, 0.15) is 0 Å². The molecule has 1 atom stereocenters. The number of hydrogen-bond donors (Lipinski definition) is 2. The van der Waals surface area contributed by atoms with Gasteiger partial charge in [0.05, 0.1) is 6.54 Å². The number of aliphatic imine (C=N–C) groups is 1. The Labute approximate surface area is 169 Å². The molecule has 1 heterocycles. The lowest BCUT2D eigenvalue weighted by atomic mass is 10.1. The van der Waals surface area contributed by atoms with Crippen LogP contribution in [-0.2, 0) is 6.42 Å². The van der Waals surface area contributed by atoms with Crippen molar-refractivity contribution in [1.82, 2.24) is 15.5 Å². The molecule has 0 bridgehead atoms. The molecule has 0 aliphatic rings. The number of thiophene rings is 1. The fourth-order valence-corrected chi connectivity index (χ4v) is 3.15. The molecule has 4 nitrogen and oxygen atoms in total. The largest absolute Gasteiger partial charge is 0.401 e. The molecule has 0 aliphatic heterocycles. The van der Waals surface area contributed by atoms with E-state index in [2.05, 4.69) is 40.1 Å². The van der Waals surface area contributed by atoms with Gasteiger partial charge in [-0.2, -0.15) is 13.2 Å². The first-order valence-corrected chi connectivity index (χ1v) is 8.90. The van der Waals surface area contributed by atoms with Crippen molar-refractivity contribution in [2.24, 2.45) is 10.9 Å². The maximum atomic E-state index is 12.2. The van der Waals surface area contributed by atoms with Crippen LogP contribution in [0.3, 0.4) is 0 Å². The van der Waals surface area contributed by atoms with E-state index in [0.29, 0.717) is 31.4 Å². The SMILES string of the molecule is CN=C(NCCCN(C)CC(F)(F)F)NCC(C)Cc1cccs1.I. The van der Waals surface area contributed by atoms with Crippen LogP contribution in [0.1, 0.15) is 18.2 Å². The van der Waals surface area contributed by atoms with Crippen molar-refractivity contribution in [2.45, 2.75) is 25.9 Å². The van der Waals surface area contributed by atoms with Crippen molar-refractivity contribution in [3.63, 3.8) is 0 Å². The molecule has 9 heteroatoms. The molecule has 146 valence electrons. The normalized spacial score (nSPS) is 13.5. The molecule has 0 aliphatic carbocycles. The molecule has 0 saturated heterocycles. The third-order valence-corrected chi connectivity index (χ3v) is 4.33. The summed E-state index contributed by atoms with van der Waals surface area (Å²) in [6.45, 7) is 3.07. The zero-order valence-electron chi connectivity index (χ0n) is 14.9. The number of nitrogens with zero attached hydrogens (tertiary/aromatic N) is 2. The van der Waals surface area contributed by atoms with Gasteiger partial charge in [-0.05, 0) is 43.8 Å². The van der Waals surface area contributed by atoms with Crippen molar-refractivity contribution in [3.8, 4) is 0 Å². The molecule has 0 aromatic carbocycles. The monoisotopic (exact) mass is 492 g/mol. The van der Waals surface area contributed by atoms with E-state index in [0.717, 1.165) is 13.0 Å². The van der Waals surface area contributed by atoms with Crippen LogP contribution in [0.15, 0.2) is 22.5 Å². The van der Waals surface area contributed by atoms with Crippen LogP contribution in [0.25, 0.3) is 0 Å². The van der Waals surface area contributed by atoms with Crippen LogP contribution in [0, 0.1) is 5.92 Å².